The minimum Gasteiger partial charge on any atom is -0.388 e. The maximum atomic E-state index is 13.3. The van der Waals surface area contributed by atoms with E-state index in [9.17, 15) is 28.8 Å². The van der Waals surface area contributed by atoms with Crippen LogP contribution in [-0.4, -0.2) is 101 Å². The van der Waals surface area contributed by atoms with Crippen molar-refractivity contribution in [2.24, 2.45) is 5.92 Å². The normalized spacial score (nSPS) is 18.3. The third-order valence-corrected chi connectivity index (χ3v) is 10.3. The summed E-state index contributed by atoms with van der Waals surface area (Å²) < 4.78 is 0. The molecule has 2 fully saturated rings. The Kier molecular flexibility index (Phi) is 10.7. The van der Waals surface area contributed by atoms with E-state index in [1.807, 2.05) is 18.2 Å². The summed E-state index contributed by atoms with van der Waals surface area (Å²) in [5.74, 6) is -1.44. The molecule has 0 aliphatic carbocycles. The lowest BCUT2D eigenvalue weighted by Crippen LogP contribution is -2.54. The molecule has 4 heterocycles. The molecule has 3 aliphatic heterocycles. The van der Waals surface area contributed by atoms with E-state index in [0.29, 0.717) is 41.5 Å². The zero-order valence-corrected chi connectivity index (χ0v) is 30.3. The molecule has 2 saturated heterocycles. The van der Waals surface area contributed by atoms with Gasteiger partial charge in [-0.05, 0) is 80.3 Å². The van der Waals surface area contributed by atoms with Gasteiger partial charge in [-0.25, -0.2) is 4.98 Å². The SMILES string of the molecule is CNc1ccc(C(=O)Nc2ccc3[nH]c(CN4CCC(CCNC(=O)CCNc5cccc6c5C(=O)N(C5CCC(=O)NC5=O)C6=O)C4)nc3c2)cc1C=N. The summed E-state index contributed by atoms with van der Waals surface area (Å²) in [4.78, 5) is 87.3. The molecule has 7 rings (SSSR count). The number of carbonyl (C=O) groups excluding carboxylic acids is 6. The Labute approximate surface area is 316 Å². The van der Waals surface area contributed by atoms with Gasteiger partial charge >= 0.3 is 0 Å². The number of aromatic nitrogens is 2. The van der Waals surface area contributed by atoms with E-state index < -0.39 is 29.7 Å². The number of hydrogen-bond donors (Lipinski definition) is 7. The summed E-state index contributed by atoms with van der Waals surface area (Å²) in [7, 11) is 1.77. The van der Waals surface area contributed by atoms with Gasteiger partial charge in [-0.1, -0.05) is 6.07 Å². The van der Waals surface area contributed by atoms with Crippen molar-refractivity contribution in [3.8, 4) is 0 Å². The summed E-state index contributed by atoms with van der Waals surface area (Å²) >= 11 is 0. The number of benzene rings is 3. The number of hydrogen-bond acceptors (Lipinski definition) is 11. The smallest absolute Gasteiger partial charge is 0.264 e. The van der Waals surface area contributed by atoms with Crippen molar-refractivity contribution in [1.29, 1.82) is 5.41 Å². The summed E-state index contributed by atoms with van der Waals surface area (Å²) in [6.07, 6.45) is 3.32. The number of imidazole rings is 1. The highest BCUT2D eigenvalue weighted by molar-refractivity contribution is 6.25. The molecule has 3 aromatic carbocycles. The first-order valence-electron chi connectivity index (χ1n) is 18.3. The lowest BCUT2D eigenvalue weighted by molar-refractivity contribution is -0.136. The number of amides is 6. The Morgan fingerprint density at radius 2 is 1.85 bits per heavy atom. The van der Waals surface area contributed by atoms with Gasteiger partial charge in [0.25, 0.3) is 17.7 Å². The topological polar surface area (TPSA) is 222 Å². The van der Waals surface area contributed by atoms with E-state index >= 15 is 0 Å². The Bertz CT molecular complexity index is 2220. The molecule has 0 spiro atoms. The first-order valence-corrected chi connectivity index (χ1v) is 18.3. The fraction of sp³-hybridized carbons (Fsp3) is 0.333. The van der Waals surface area contributed by atoms with Crippen molar-refractivity contribution in [3.05, 3.63) is 82.7 Å². The third-order valence-electron chi connectivity index (χ3n) is 10.3. The molecular weight excluding hydrogens is 704 g/mol. The molecule has 2 unspecified atom stereocenters. The second-order valence-electron chi connectivity index (χ2n) is 13.9. The van der Waals surface area contributed by atoms with E-state index in [1.165, 1.54) is 12.3 Å². The third kappa shape index (κ3) is 7.94. The Morgan fingerprint density at radius 1 is 1.00 bits per heavy atom. The quantitative estimate of drug-likeness (QED) is 0.0738. The maximum Gasteiger partial charge on any atom is 0.264 e. The van der Waals surface area contributed by atoms with Gasteiger partial charge in [0.05, 0.1) is 28.7 Å². The number of piperidine rings is 1. The van der Waals surface area contributed by atoms with Crippen LogP contribution in [-0.2, 0) is 20.9 Å². The lowest BCUT2D eigenvalue weighted by Gasteiger charge is -2.27. The number of anilines is 3. The van der Waals surface area contributed by atoms with Crippen LogP contribution in [0.1, 0.15) is 74.6 Å². The molecule has 3 aliphatic rings. The van der Waals surface area contributed by atoms with Gasteiger partial charge in [-0.3, -0.25) is 43.9 Å². The van der Waals surface area contributed by atoms with Gasteiger partial charge in [0, 0.05) is 73.9 Å². The van der Waals surface area contributed by atoms with Crippen LogP contribution < -0.4 is 26.6 Å². The summed E-state index contributed by atoms with van der Waals surface area (Å²) in [5, 5.41) is 21.8. The van der Waals surface area contributed by atoms with Gasteiger partial charge in [-0.2, -0.15) is 0 Å². The molecular formula is C39H42N10O6. The second-order valence-corrected chi connectivity index (χ2v) is 13.9. The van der Waals surface area contributed by atoms with E-state index in [-0.39, 0.29) is 48.7 Å². The monoisotopic (exact) mass is 746 g/mol. The molecule has 7 N–H and O–H groups in total. The molecule has 16 heteroatoms. The number of imide groups is 2. The molecule has 284 valence electrons. The van der Waals surface area contributed by atoms with Crippen LogP contribution in [0, 0.1) is 11.3 Å². The molecule has 2 atom stereocenters. The Balaban J connectivity index is 0.839. The van der Waals surface area contributed by atoms with Crippen molar-refractivity contribution in [3.63, 3.8) is 0 Å². The summed E-state index contributed by atoms with van der Waals surface area (Å²) in [5.41, 5.74) is 4.83. The minimum atomic E-state index is -1.05. The second kappa shape index (κ2) is 15.9. The average molecular weight is 747 g/mol. The fourth-order valence-corrected chi connectivity index (χ4v) is 7.45. The van der Waals surface area contributed by atoms with Crippen LogP contribution in [0.15, 0.2) is 54.6 Å². The van der Waals surface area contributed by atoms with Crippen molar-refractivity contribution in [2.45, 2.75) is 44.7 Å². The average Bonchev–Trinajstić information content (AvgIpc) is 3.87. The van der Waals surface area contributed by atoms with Gasteiger partial charge in [0.15, 0.2) is 0 Å². The van der Waals surface area contributed by atoms with Gasteiger partial charge in [0.1, 0.15) is 11.9 Å². The molecule has 55 heavy (non-hydrogen) atoms. The van der Waals surface area contributed by atoms with E-state index in [0.717, 1.165) is 53.4 Å². The number of carbonyl (C=O) groups is 6. The van der Waals surface area contributed by atoms with Crippen LogP contribution in [0.3, 0.4) is 0 Å². The molecule has 1 aromatic heterocycles. The molecule has 6 amide bonds. The Hall–Kier alpha value is -6.42. The van der Waals surface area contributed by atoms with Gasteiger partial charge in [-0.15, -0.1) is 0 Å². The largest absolute Gasteiger partial charge is 0.388 e. The summed E-state index contributed by atoms with van der Waals surface area (Å²) in [6, 6.07) is 14.5. The van der Waals surface area contributed by atoms with Gasteiger partial charge in [0.2, 0.25) is 17.7 Å². The number of fused-ring (bicyclic) bond motifs is 2. The standard InChI is InChI=1S/C39H42N10O6/c1-41-27-7-5-23(17-24(27)19-40)36(52)44-25-6-8-28-30(18-25)46-32(45-28)21-48-16-13-22(20-48)11-14-43-33(50)12-15-42-29-4-2-3-26-35(29)39(55)49(38(26)54)31-9-10-34(51)47-37(31)53/h2-8,17-19,22,31,40-42H,9-16,20-21H2,1H3,(H,43,50)(H,44,52)(H,45,46)(H,47,51,53). The zero-order valence-electron chi connectivity index (χ0n) is 30.3. The predicted molar refractivity (Wildman–Crippen MR) is 205 cm³/mol. The maximum absolute atomic E-state index is 13.3. The number of nitrogens with one attached hydrogen (secondary N) is 7. The highest BCUT2D eigenvalue weighted by Gasteiger charge is 2.45. The van der Waals surface area contributed by atoms with Gasteiger partial charge < -0.3 is 31.7 Å². The number of aromatic amines is 1. The predicted octanol–water partition coefficient (Wildman–Crippen LogP) is 3.09. The van der Waals surface area contributed by atoms with Crippen molar-refractivity contribution >= 4 is 69.8 Å². The molecule has 16 nitrogen and oxygen atoms in total. The van der Waals surface area contributed by atoms with Crippen molar-refractivity contribution < 1.29 is 28.8 Å². The van der Waals surface area contributed by atoms with Crippen LogP contribution in [0.4, 0.5) is 17.1 Å². The number of H-pyrrole nitrogens is 1. The van der Waals surface area contributed by atoms with Crippen LogP contribution in [0.5, 0.6) is 0 Å². The van der Waals surface area contributed by atoms with E-state index in [4.69, 9.17) is 10.4 Å². The van der Waals surface area contributed by atoms with E-state index in [1.54, 1.807) is 37.4 Å². The highest BCUT2D eigenvalue weighted by Crippen LogP contribution is 2.32. The van der Waals surface area contributed by atoms with Crippen molar-refractivity contribution in [2.75, 3.05) is 49.2 Å². The zero-order chi connectivity index (χ0) is 38.6. The fourth-order valence-electron chi connectivity index (χ4n) is 7.45. The summed E-state index contributed by atoms with van der Waals surface area (Å²) in [6.45, 7) is 3.21. The van der Waals surface area contributed by atoms with Crippen LogP contribution in [0.2, 0.25) is 0 Å². The minimum absolute atomic E-state index is 0.0427. The molecule has 4 aromatic rings. The van der Waals surface area contributed by atoms with Crippen molar-refractivity contribution in [1.82, 2.24) is 30.4 Å². The molecule has 0 bridgehead atoms. The first-order chi connectivity index (χ1) is 26.6. The first kappa shape index (κ1) is 36.9. The van der Waals surface area contributed by atoms with E-state index in [2.05, 4.69) is 36.5 Å². The number of likely N-dealkylation sites (tertiary alicyclic amines) is 1. The van der Waals surface area contributed by atoms with Crippen LogP contribution in [0.25, 0.3) is 11.0 Å². The molecule has 0 saturated carbocycles. The van der Waals surface area contributed by atoms with Crippen LogP contribution >= 0.6 is 0 Å². The number of nitrogens with zero attached hydrogens (tertiary/aromatic N) is 3. The Morgan fingerprint density at radius 3 is 2.65 bits per heavy atom. The molecule has 0 radical (unpaired) electrons. The lowest BCUT2D eigenvalue weighted by atomic mass is 10.0. The number of rotatable bonds is 14. The highest BCUT2D eigenvalue weighted by atomic mass is 16.2.